The summed E-state index contributed by atoms with van der Waals surface area (Å²) in [4.78, 5) is 13.0. The molecule has 4 atom stereocenters. The average Bonchev–Trinajstić information content (AvgIpc) is 2.34. The summed E-state index contributed by atoms with van der Waals surface area (Å²) in [6.45, 7) is 0. The number of rotatable bonds is 1. The minimum Gasteiger partial charge on any atom is -0.481 e. The van der Waals surface area contributed by atoms with Crippen molar-refractivity contribution in [2.45, 2.75) is 37.5 Å². The van der Waals surface area contributed by atoms with Gasteiger partial charge in [0.05, 0.1) is 12.0 Å². The second-order valence-electron chi connectivity index (χ2n) is 4.13. The number of carboxylic acid groups (broad SMARTS) is 1. The number of carbonyl (C=O) groups is 1. The zero-order chi connectivity index (χ0) is 9.59. The molecule has 2 aliphatic rings. The number of fused-ring (bicyclic) bond motifs is 2. The van der Waals surface area contributed by atoms with E-state index in [9.17, 15) is 9.90 Å². The molecule has 13 heavy (non-hydrogen) atoms. The number of carboxylic acids is 1. The molecule has 2 saturated heterocycles. The Morgan fingerprint density at radius 1 is 1.46 bits per heavy atom. The van der Waals surface area contributed by atoms with Gasteiger partial charge in [-0.1, -0.05) is 0 Å². The maximum absolute atomic E-state index is 10.9. The van der Waals surface area contributed by atoms with Crippen molar-refractivity contribution in [3.05, 3.63) is 0 Å². The van der Waals surface area contributed by atoms with E-state index in [4.69, 9.17) is 5.11 Å². The summed E-state index contributed by atoms with van der Waals surface area (Å²) in [5.41, 5.74) is 0. The highest BCUT2D eigenvalue weighted by Crippen LogP contribution is 2.38. The lowest BCUT2D eigenvalue weighted by Crippen LogP contribution is -2.51. The molecule has 2 rings (SSSR count). The molecule has 4 nitrogen and oxygen atoms in total. The Hall–Kier alpha value is -0.610. The van der Waals surface area contributed by atoms with E-state index in [1.165, 1.54) is 0 Å². The summed E-state index contributed by atoms with van der Waals surface area (Å²) >= 11 is 0. The van der Waals surface area contributed by atoms with E-state index in [-0.39, 0.29) is 6.04 Å². The summed E-state index contributed by atoms with van der Waals surface area (Å²) in [7, 11) is 1.96. The van der Waals surface area contributed by atoms with E-state index in [1.54, 1.807) is 0 Å². The van der Waals surface area contributed by atoms with Gasteiger partial charge in [0.25, 0.3) is 0 Å². The van der Waals surface area contributed by atoms with Crippen molar-refractivity contribution in [3.63, 3.8) is 0 Å². The summed E-state index contributed by atoms with van der Waals surface area (Å²) in [5, 5.41) is 18.6. The highest BCUT2D eigenvalue weighted by Gasteiger charge is 2.48. The van der Waals surface area contributed by atoms with Crippen LogP contribution < -0.4 is 0 Å². The molecule has 74 valence electrons. The standard InChI is InChI=1S/C9H15NO3/c1-10-5-2-3-6(10)8(9(12)13)7(11)4-5/h5-8,11H,2-4H2,1H3,(H,12,13)/t5-,6+,7-,8-/m0/s1. The number of hydrogen-bond donors (Lipinski definition) is 2. The van der Waals surface area contributed by atoms with Crippen LogP contribution >= 0.6 is 0 Å². The molecule has 0 radical (unpaired) electrons. The molecule has 2 bridgehead atoms. The van der Waals surface area contributed by atoms with Crippen LogP contribution in [-0.2, 0) is 4.79 Å². The number of nitrogens with zero attached hydrogens (tertiary/aromatic N) is 1. The first-order chi connectivity index (χ1) is 6.11. The van der Waals surface area contributed by atoms with Crippen LogP contribution in [0.4, 0.5) is 0 Å². The monoisotopic (exact) mass is 185 g/mol. The van der Waals surface area contributed by atoms with Crippen LogP contribution in [0.3, 0.4) is 0 Å². The van der Waals surface area contributed by atoms with Crippen molar-refractivity contribution in [1.29, 1.82) is 0 Å². The summed E-state index contributed by atoms with van der Waals surface area (Å²) in [6.07, 6.45) is 1.91. The quantitative estimate of drug-likeness (QED) is 0.599. The molecule has 0 amide bonds. The van der Waals surface area contributed by atoms with Gasteiger partial charge >= 0.3 is 5.97 Å². The van der Waals surface area contributed by atoms with Gasteiger partial charge in [0, 0.05) is 12.1 Å². The van der Waals surface area contributed by atoms with E-state index in [0.717, 1.165) is 12.8 Å². The van der Waals surface area contributed by atoms with Gasteiger partial charge in [0.2, 0.25) is 0 Å². The fourth-order valence-corrected chi connectivity index (χ4v) is 2.77. The van der Waals surface area contributed by atoms with Crippen LogP contribution in [0.5, 0.6) is 0 Å². The number of aliphatic hydroxyl groups excluding tert-OH is 1. The Morgan fingerprint density at radius 2 is 2.15 bits per heavy atom. The molecule has 0 aromatic rings. The lowest BCUT2D eigenvalue weighted by Gasteiger charge is -2.38. The highest BCUT2D eigenvalue weighted by molar-refractivity contribution is 5.72. The topological polar surface area (TPSA) is 60.8 Å². The van der Waals surface area contributed by atoms with Gasteiger partial charge in [0.1, 0.15) is 0 Å². The summed E-state index contributed by atoms with van der Waals surface area (Å²) in [6, 6.07) is 0.446. The average molecular weight is 185 g/mol. The van der Waals surface area contributed by atoms with Crippen molar-refractivity contribution < 1.29 is 15.0 Å². The van der Waals surface area contributed by atoms with Crippen LogP contribution in [0.2, 0.25) is 0 Å². The minimum atomic E-state index is -0.857. The number of aliphatic hydroxyl groups is 1. The predicted octanol–water partition coefficient (Wildman–Crippen LogP) is -0.0854. The third-order valence-corrected chi connectivity index (χ3v) is 3.52. The Kier molecular flexibility index (Phi) is 2.04. The van der Waals surface area contributed by atoms with Gasteiger partial charge in [-0.05, 0) is 26.3 Å². The number of hydrogen-bond acceptors (Lipinski definition) is 3. The molecule has 2 fully saturated rings. The molecular formula is C9H15NO3. The van der Waals surface area contributed by atoms with Gasteiger partial charge < -0.3 is 10.2 Å². The fourth-order valence-electron chi connectivity index (χ4n) is 2.77. The van der Waals surface area contributed by atoms with E-state index in [2.05, 4.69) is 4.90 Å². The van der Waals surface area contributed by atoms with Crippen molar-refractivity contribution in [2.75, 3.05) is 7.05 Å². The molecule has 0 aromatic carbocycles. The summed E-state index contributed by atoms with van der Waals surface area (Å²) in [5.74, 6) is -1.44. The van der Waals surface area contributed by atoms with Crippen LogP contribution in [-0.4, -0.2) is 46.3 Å². The second-order valence-corrected chi connectivity index (χ2v) is 4.13. The van der Waals surface area contributed by atoms with Crippen molar-refractivity contribution >= 4 is 5.97 Å². The molecular weight excluding hydrogens is 170 g/mol. The van der Waals surface area contributed by atoms with E-state index < -0.39 is 18.0 Å². The Balaban J connectivity index is 2.21. The molecule has 2 N–H and O–H groups in total. The van der Waals surface area contributed by atoms with E-state index in [1.807, 2.05) is 7.05 Å². The third-order valence-electron chi connectivity index (χ3n) is 3.52. The molecule has 2 heterocycles. The minimum absolute atomic E-state index is 0.0475. The number of piperidine rings is 1. The molecule has 0 spiro atoms. The Bertz CT molecular complexity index is 231. The lowest BCUT2D eigenvalue weighted by atomic mass is 9.88. The maximum atomic E-state index is 10.9. The molecule has 4 heteroatoms. The molecule has 0 saturated carbocycles. The second kappa shape index (κ2) is 2.96. The zero-order valence-corrected chi connectivity index (χ0v) is 7.68. The molecule has 0 unspecified atom stereocenters. The SMILES string of the molecule is CN1[C@H]2CC[C@@H]1[C@H](C(=O)O)[C@@H](O)C2. The maximum Gasteiger partial charge on any atom is 0.310 e. The van der Waals surface area contributed by atoms with Gasteiger partial charge in [0.15, 0.2) is 0 Å². The van der Waals surface area contributed by atoms with Crippen LogP contribution in [0, 0.1) is 5.92 Å². The molecule has 2 aliphatic heterocycles. The van der Waals surface area contributed by atoms with Crippen molar-refractivity contribution in [3.8, 4) is 0 Å². The van der Waals surface area contributed by atoms with Crippen LogP contribution in [0.25, 0.3) is 0 Å². The van der Waals surface area contributed by atoms with Crippen LogP contribution in [0.15, 0.2) is 0 Å². The normalized spacial score (nSPS) is 45.1. The Morgan fingerprint density at radius 3 is 2.77 bits per heavy atom. The first kappa shape index (κ1) is 8.97. The van der Waals surface area contributed by atoms with E-state index >= 15 is 0 Å². The van der Waals surface area contributed by atoms with Crippen molar-refractivity contribution in [1.82, 2.24) is 4.90 Å². The Labute approximate surface area is 77.2 Å². The summed E-state index contributed by atoms with van der Waals surface area (Å²) < 4.78 is 0. The van der Waals surface area contributed by atoms with Gasteiger partial charge in [-0.15, -0.1) is 0 Å². The van der Waals surface area contributed by atoms with Crippen LogP contribution in [0.1, 0.15) is 19.3 Å². The molecule has 0 aliphatic carbocycles. The van der Waals surface area contributed by atoms with Crippen molar-refractivity contribution in [2.24, 2.45) is 5.92 Å². The predicted molar refractivity (Wildman–Crippen MR) is 46.3 cm³/mol. The van der Waals surface area contributed by atoms with Gasteiger partial charge in [-0.25, -0.2) is 0 Å². The first-order valence-corrected chi connectivity index (χ1v) is 4.74. The number of aliphatic carboxylic acids is 1. The molecule has 0 aromatic heterocycles. The van der Waals surface area contributed by atoms with Gasteiger partial charge in [-0.2, -0.15) is 0 Å². The largest absolute Gasteiger partial charge is 0.481 e. The highest BCUT2D eigenvalue weighted by atomic mass is 16.4. The fraction of sp³-hybridized carbons (Fsp3) is 0.889. The lowest BCUT2D eigenvalue weighted by molar-refractivity contribution is -0.151. The zero-order valence-electron chi connectivity index (χ0n) is 7.68. The third kappa shape index (κ3) is 1.25. The smallest absolute Gasteiger partial charge is 0.310 e. The first-order valence-electron chi connectivity index (χ1n) is 4.74. The van der Waals surface area contributed by atoms with E-state index in [0.29, 0.717) is 12.5 Å². The van der Waals surface area contributed by atoms with Gasteiger partial charge in [-0.3, -0.25) is 9.69 Å².